The molecule has 3 aromatic heterocycles. The Labute approximate surface area is 201 Å². The van der Waals surface area contributed by atoms with Gasteiger partial charge in [-0.25, -0.2) is 14.3 Å². The van der Waals surface area contributed by atoms with Crippen LogP contribution in [0.3, 0.4) is 0 Å². The lowest BCUT2D eigenvalue weighted by Gasteiger charge is -2.30. The normalized spacial score (nSPS) is 19.1. The molecule has 0 aliphatic carbocycles. The van der Waals surface area contributed by atoms with Crippen LogP contribution in [0.15, 0.2) is 30.7 Å². The van der Waals surface area contributed by atoms with Crippen LogP contribution in [0.1, 0.15) is 49.9 Å². The Morgan fingerprint density at radius 1 is 1.14 bits per heavy atom. The monoisotopic (exact) mass is 493 g/mol. The molecule has 2 aliphatic rings. The van der Waals surface area contributed by atoms with Crippen molar-refractivity contribution in [1.82, 2.24) is 29.3 Å². The first kappa shape index (κ1) is 25.0. The van der Waals surface area contributed by atoms with Gasteiger partial charge in [0.2, 0.25) is 0 Å². The highest BCUT2D eigenvalue weighted by atomic mass is 19.4. The van der Waals surface area contributed by atoms with E-state index in [1.165, 1.54) is 36.9 Å². The number of aromatic nitrogens is 5. The SMILES string of the molecule is CCn1cc(CN2CCCC(c3nc4ccc(N5CCCC5)cn4n3)C2)cn1.O=C(O)C(F)(F)F. The highest BCUT2D eigenvalue weighted by Gasteiger charge is 2.38. The van der Waals surface area contributed by atoms with Gasteiger partial charge < -0.3 is 10.0 Å². The summed E-state index contributed by atoms with van der Waals surface area (Å²) in [7, 11) is 0. The number of carboxylic acids is 1. The largest absolute Gasteiger partial charge is 0.490 e. The fourth-order valence-corrected chi connectivity index (χ4v) is 4.55. The van der Waals surface area contributed by atoms with Crippen LogP contribution in [-0.4, -0.2) is 72.7 Å². The quantitative estimate of drug-likeness (QED) is 0.581. The van der Waals surface area contributed by atoms with Crippen LogP contribution in [0.4, 0.5) is 18.9 Å². The summed E-state index contributed by atoms with van der Waals surface area (Å²) in [6, 6.07) is 4.31. The van der Waals surface area contributed by atoms with E-state index in [2.05, 4.69) is 46.3 Å². The molecule has 1 unspecified atom stereocenters. The highest BCUT2D eigenvalue weighted by Crippen LogP contribution is 2.27. The van der Waals surface area contributed by atoms with E-state index in [0.717, 1.165) is 50.7 Å². The molecule has 5 rings (SSSR count). The number of aliphatic carboxylic acids is 1. The van der Waals surface area contributed by atoms with Gasteiger partial charge in [0.25, 0.3) is 0 Å². The number of rotatable bonds is 5. The average Bonchev–Trinajstić information content (AvgIpc) is 3.59. The van der Waals surface area contributed by atoms with E-state index in [0.29, 0.717) is 5.92 Å². The molecule has 9 nitrogen and oxygen atoms in total. The van der Waals surface area contributed by atoms with Crippen molar-refractivity contribution in [1.29, 1.82) is 0 Å². The Morgan fingerprint density at radius 2 is 1.89 bits per heavy atom. The number of carboxylic acid groups (broad SMARTS) is 1. The minimum absolute atomic E-state index is 0.408. The molecular formula is C23H30F3N7O2. The van der Waals surface area contributed by atoms with E-state index in [1.807, 2.05) is 15.4 Å². The van der Waals surface area contributed by atoms with Crippen molar-refractivity contribution in [2.24, 2.45) is 0 Å². The number of carbonyl (C=O) groups is 1. The molecule has 0 saturated carbocycles. The third kappa shape index (κ3) is 6.30. The Kier molecular flexibility index (Phi) is 7.58. The zero-order valence-electron chi connectivity index (χ0n) is 19.7. The molecule has 0 radical (unpaired) electrons. The van der Waals surface area contributed by atoms with Crippen molar-refractivity contribution in [3.05, 3.63) is 42.1 Å². The van der Waals surface area contributed by atoms with Crippen LogP contribution in [0.25, 0.3) is 5.65 Å². The first-order chi connectivity index (χ1) is 16.7. The fraction of sp³-hybridized carbons (Fsp3) is 0.565. The number of halogens is 3. The molecule has 35 heavy (non-hydrogen) atoms. The van der Waals surface area contributed by atoms with Crippen LogP contribution in [-0.2, 0) is 17.9 Å². The first-order valence-electron chi connectivity index (χ1n) is 11.9. The van der Waals surface area contributed by atoms with E-state index >= 15 is 0 Å². The lowest BCUT2D eigenvalue weighted by Crippen LogP contribution is -2.34. The first-order valence-corrected chi connectivity index (χ1v) is 11.9. The van der Waals surface area contributed by atoms with E-state index < -0.39 is 12.1 Å². The van der Waals surface area contributed by atoms with E-state index in [9.17, 15) is 13.2 Å². The summed E-state index contributed by atoms with van der Waals surface area (Å²) in [4.78, 5) is 18.7. The zero-order chi connectivity index (χ0) is 25.0. The molecule has 0 spiro atoms. The maximum absolute atomic E-state index is 10.6. The van der Waals surface area contributed by atoms with Crippen molar-refractivity contribution < 1.29 is 23.1 Å². The van der Waals surface area contributed by atoms with Crippen molar-refractivity contribution >= 4 is 17.3 Å². The summed E-state index contributed by atoms with van der Waals surface area (Å²) in [6.45, 7) is 8.47. The Bertz CT molecular complexity index is 1140. The van der Waals surface area contributed by atoms with E-state index in [1.54, 1.807) is 0 Å². The lowest BCUT2D eigenvalue weighted by molar-refractivity contribution is -0.192. The summed E-state index contributed by atoms with van der Waals surface area (Å²) >= 11 is 0. The number of anilines is 1. The number of piperidine rings is 1. The van der Waals surface area contributed by atoms with E-state index in [4.69, 9.17) is 20.0 Å². The number of nitrogens with zero attached hydrogens (tertiary/aromatic N) is 7. The van der Waals surface area contributed by atoms with Gasteiger partial charge >= 0.3 is 12.1 Å². The van der Waals surface area contributed by atoms with Crippen LogP contribution in [0.2, 0.25) is 0 Å². The van der Waals surface area contributed by atoms with Crippen LogP contribution < -0.4 is 4.90 Å². The van der Waals surface area contributed by atoms with Crippen molar-refractivity contribution in [2.75, 3.05) is 31.1 Å². The molecule has 12 heteroatoms. The van der Waals surface area contributed by atoms with Gasteiger partial charge in [-0.2, -0.15) is 23.4 Å². The Morgan fingerprint density at radius 3 is 2.54 bits per heavy atom. The van der Waals surface area contributed by atoms with Crippen LogP contribution in [0, 0.1) is 0 Å². The third-order valence-electron chi connectivity index (χ3n) is 6.33. The molecule has 2 saturated heterocycles. The molecule has 0 bridgehead atoms. The number of likely N-dealkylation sites (tertiary alicyclic amines) is 1. The van der Waals surface area contributed by atoms with Crippen LogP contribution >= 0.6 is 0 Å². The van der Waals surface area contributed by atoms with E-state index in [-0.39, 0.29) is 0 Å². The molecule has 1 atom stereocenters. The van der Waals surface area contributed by atoms with Gasteiger partial charge in [0.1, 0.15) is 0 Å². The molecule has 3 aromatic rings. The summed E-state index contributed by atoms with van der Waals surface area (Å²) in [5.41, 5.74) is 3.51. The number of alkyl halides is 3. The zero-order valence-corrected chi connectivity index (χ0v) is 19.7. The summed E-state index contributed by atoms with van der Waals surface area (Å²) in [6.07, 6.45) is 6.16. The third-order valence-corrected chi connectivity index (χ3v) is 6.33. The number of aryl methyl sites for hydroxylation is 1. The Balaban J connectivity index is 0.000000364. The predicted molar refractivity (Wildman–Crippen MR) is 123 cm³/mol. The maximum atomic E-state index is 10.6. The Hall–Kier alpha value is -3.15. The average molecular weight is 494 g/mol. The second-order valence-electron chi connectivity index (χ2n) is 8.94. The standard InChI is InChI=1S/C21H29N7.C2HF3O2/c1-2-27-14-17(12-22-27)13-25-9-5-6-18(15-25)21-23-20-8-7-19(16-28(20)24-21)26-10-3-4-11-26;3-2(4,5)1(6)7/h7-8,12,14,16,18H,2-6,9-11,13,15H2,1H3;(H,6,7). The number of fused-ring (bicyclic) bond motifs is 1. The van der Waals surface area contributed by atoms with Crippen molar-refractivity contribution in [3.8, 4) is 0 Å². The molecule has 1 N–H and O–H groups in total. The summed E-state index contributed by atoms with van der Waals surface area (Å²) in [5, 5.41) is 16.4. The van der Waals surface area contributed by atoms with Gasteiger partial charge in [-0.1, -0.05) is 0 Å². The van der Waals surface area contributed by atoms with Crippen LogP contribution in [0.5, 0.6) is 0 Å². The summed E-state index contributed by atoms with van der Waals surface area (Å²) in [5.74, 6) is -1.36. The number of hydrogen-bond donors (Lipinski definition) is 1. The maximum Gasteiger partial charge on any atom is 0.490 e. The molecule has 2 fully saturated rings. The molecule has 2 aliphatic heterocycles. The van der Waals surface area contributed by atoms with Crippen molar-refractivity contribution in [3.63, 3.8) is 0 Å². The fourth-order valence-electron chi connectivity index (χ4n) is 4.55. The lowest BCUT2D eigenvalue weighted by atomic mass is 9.97. The van der Waals surface area contributed by atoms with Gasteiger partial charge in [-0.05, 0) is 51.3 Å². The molecule has 5 heterocycles. The second kappa shape index (κ2) is 10.6. The number of pyridine rings is 1. The smallest absolute Gasteiger partial charge is 0.475 e. The second-order valence-corrected chi connectivity index (χ2v) is 8.94. The van der Waals surface area contributed by atoms with Gasteiger partial charge in [0, 0.05) is 50.4 Å². The predicted octanol–water partition coefficient (Wildman–Crippen LogP) is 3.56. The topological polar surface area (TPSA) is 91.8 Å². The van der Waals surface area contributed by atoms with Gasteiger partial charge in [-0.15, -0.1) is 0 Å². The van der Waals surface area contributed by atoms with Gasteiger partial charge in [0.05, 0.1) is 18.1 Å². The number of hydrogen-bond acceptors (Lipinski definition) is 6. The van der Waals surface area contributed by atoms with Gasteiger partial charge in [0.15, 0.2) is 11.5 Å². The minimum Gasteiger partial charge on any atom is -0.475 e. The molecule has 190 valence electrons. The van der Waals surface area contributed by atoms with Gasteiger partial charge in [-0.3, -0.25) is 9.58 Å². The summed E-state index contributed by atoms with van der Waals surface area (Å²) < 4.78 is 35.7. The molecule has 0 amide bonds. The minimum atomic E-state index is -5.08. The van der Waals surface area contributed by atoms with Crippen molar-refractivity contribution in [2.45, 2.75) is 57.8 Å². The highest BCUT2D eigenvalue weighted by molar-refractivity contribution is 5.73. The molecular weight excluding hydrogens is 463 g/mol. The molecule has 0 aromatic carbocycles.